The lowest BCUT2D eigenvalue weighted by atomic mass is 9.89. The van der Waals surface area contributed by atoms with Crippen molar-refractivity contribution in [1.29, 1.82) is 0 Å². The van der Waals surface area contributed by atoms with E-state index < -0.39 is 17.8 Å². The van der Waals surface area contributed by atoms with E-state index in [1.54, 1.807) is 55.3 Å². The number of likely N-dealkylation sites (N-methyl/N-ethyl adjacent to an activating group) is 1. The van der Waals surface area contributed by atoms with Crippen LogP contribution in [0.2, 0.25) is 5.02 Å². The summed E-state index contributed by atoms with van der Waals surface area (Å²) in [6.45, 7) is 2.16. The maximum atomic E-state index is 13.2. The number of benzene rings is 3. The van der Waals surface area contributed by atoms with Gasteiger partial charge in [0.2, 0.25) is 5.91 Å². The van der Waals surface area contributed by atoms with Crippen molar-refractivity contribution < 1.29 is 28.7 Å². The Labute approximate surface area is 258 Å². The number of amides is 2. The monoisotopic (exact) mass is 615 g/mol. The molecular formula is C32H30ClN5O6. The van der Waals surface area contributed by atoms with Crippen LogP contribution in [0, 0.1) is 5.92 Å². The number of hydrogen-bond acceptors (Lipinski definition) is 8. The summed E-state index contributed by atoms with van der Waals surface area (Å²) in [5.41, 5.74) is 7.00. The fraction of sp³-hybridized carbons (Fsp3) is 0.250. The second-order valence-electron chi connectivity index (χ2n) is 10.9. The predicted molar refractivity (Wildman–Crippen MR) is 165 cm³/mol. The number of hydrogen-bond donors (Lipinski definition) is 3. The van der Waals surface area contributed by atoms with Gasteiger partial charge in [-0.2, -0.15) is 4.98 Å². The number of aromatic nitrogens is 1. The van der Waals surface area contributed by atoms with Crippen molar-refractivity contribution in [2.75, 3.05) is 30.4 Å². The lowest BCUT2D eigenvalue weighted by Gasteiger charge is -2.20. The summed E-state index contributed by atoms with van der Waals surface area (Å²) in [5.74, 6) is -2.54. The minimum atomic E-state index is -0.963. The normalized spacial score (nSPS) is 19.5. The van der Waals surface area contributed by atoms with Crippen LogP contribution in [0.5, 0.6) is 0 Å². The van der Waals surface area contributed by atoms with Crippen molar-refractivity contribution in [3.63, 3.8) is 0 Å². The number of likely N-dealkylation sites (tertiary alicyclic amines) is 1. The van der Waals surface area contributed by atoms with Crippen LogP contribution in [0.25, 0.3) is 11.1 Å². The predicted octanol–water partition coefficient (Wildman–Crippen LogP) is 4.86. The Balaban J connectivity index is 1.11. The highest BCUT2D eigenvalue weighted by atomic mass is 35.5. The average molecular weight is 616 g/mol. The van der Waals surface area contributed by atoms with Crippen LogP contribution in [0.15, 0.2) is 82.9 Å². The van der Waals surface area contributed by atoms with Gasteiger partial charge >= 0.3 is 5.97 Å². The number of halogens is 1. The van der Waals surface area contributed by atoms with Crippen molar-refractivity contribution in [2.45, 2.75) is 25.4 Å². The summed E-state index contributed by atoms with van der Waals surface area (Å²) >= 11 is 6.22. The molecule has 0 spiro atoms. The molecule has 1 aromatic heterocycles. The number of oxazole rings is 1. The largest absolute Gasteiger partial charge is 0.481 e. The molecule has 44 heavy (non-hydrogen) atoms. The number of rotatable bonds is 8. The number of aliphatic carboxylic acids is 1. The molecule has 0 radical (unpaired) electrons. The van der Waals surface area contributed by atoms with Crippen LogP contribution in [0.4, 0.5) is 17.4 Å². The maximum absolute atomic E-state index is 13.2. The molecule has 3 aromatic carbocycles. The average Bonchev–Trinajstić information content (AvgIpc) is 3.76. The van der Waals surface area contributed by atoms with Gasteiger partial charge in [-0.1, -0.05) is 41.9 Å². The van der Waals surface area contributed by atoms with Gasteiger partial charge in [-0.3, -0.25) is 24.7 Å². The third-order valence-electron chi connectivity index (χ3n) is 7.92. The van der Waals surface area contributed by atoms with Gasteiger partial charge in [0.05, 0.1) is 23.0 Å². The van der Waals surface area contributed by atoms with Gasteiger partial charge in [0.1, 0.15) is 17.3 Å². The molecule has 3 atom stereocenters. The number of carboxylic acid groups (broad SMARTS) is 1. The zero-order chi connectivity index (χ0) is 31.0. The maximum Gasteiger partial charge on any atom is 0.308 e. The van der Waals surface area contributed by atoms with Crippen LogP contribution < -0.4 is 15.7 Å². The first kappa shape index (κ1) is 29.2. The lowest BCUT2D eigenvalue weighted by molar-refractivity contribution is -0.141. The van der Waals surface area contributed by atoms with E-state index in [4.69, 9.17) is 20.9 Å². The fourth-order valence-electron chi connectivity index (χ4n) is 5.49. The van der Waals surface area contributed by atoms with E-state index in [-0.39, 0.29) is 37.4 Å². The van der Waals surface area contributed by atoms with Crippen LogP contribution in [-0.4, -0.2) is 59.0 Å². The molecule has 1 fully saturated rings. The number of para-hydroxylation sites is 1. The van der Waals surface area contributed by atoms with Crippen LogP contribution in [0.3, 0.4) is 0 Å². The second kappa shape index (κ2) is 12.0. The van der Waals surface area contributed by atoms with E-state index in [1.165, 1.54) is 4.90 Å². The fourth-order valence-corrected chi connectivity index (χ4v) is 5.68. The summed E-state index contributed by atoms with van der Waals surface area (Å²) < 4.78 is 5.85. The number of carbonyl (C=O) groups excluding carboxylic acids is 2. The third-order valence-corrected chi connectivity index (χ3v) is 8.25. The molecule has 3 unspecified atom stereocenters. The Bertz CT molecular complexity index is 1770. The standard InChI is InChI=1S/C32H30ClN5O6/c1-18-13-27(36-44-18)30(40)38-16-22(23(17-38)31(41)42)20-8-10-21(11-9-20)37(2)29(39)15-19-7-12-26-28(14-19)43-32(35-26)34-25-6-4-3-5-24(25)33/h3-14,18,22-23,36H,15-17H2,1-2H3,(H,34,35)(H,41,42). The molecule has 2 amide bonds. The zero-order valence-corrected chi connectivity index (χ0v) is 24.7. The highest BCUT2D eigenvalue weighted by Crippen LogP contribution is 2.35. The van der Waals surface area contributed by atoms with Gasteiger partial charge in [-0.25, -0.2) is 0 Å². The molecule has 0 aliphatic carbocycles. The Morgan fingerprint density at radius 1 is 1.11 bits per heavy atom. The number of fused-ring (bicyclic) bond motifs is 1. The van der Waals surface area contributed by atoms with Gasteiger partial charge in [-0.15, -0.1) is 0 Å². The molecule has 0 bridgehead atoms. The van der Waals surface area contributed by atoms with Crippen molar-refractivity contribution in [2.24, 2.45) is 5.92 Å². The van der Waals surface area contributed by atoms with E-state index in [9.17, 15) is 19.5 Å². The van der Waals surface area contributed by atoms with E-state index in [0.29, 0.717) is 39.2 Å². The van der Waals surface area contributed by atoms with Crippen molar-refractivity contribution in [3.8, 4) is 0 Å². The zero-order valence-electron chi connectivity index (χ0n) is 24.0. The third kappa shape index (κ3) is 5.97. The van der Waals surface area contributed by atoms with E-state index in [2.05, 4.69) is 15.8 Å². The summed E-state index contributed by atoms with van der Waals surface area (Å²) in [7, 11) is 1.69. The molecule has 4 aromatic rings. The minimum absolute atomic E-state index is 0.0967. The van der Waals surface area contributed by atoms with E-state index in [0.717, 1.165) is 11.1 Å². The number of nitrogens with zero attached hydrogens (tertiary/aromatic N) is 3. The number of carboxylic acids is 1. The Morgan fingerprint density at radius 2 is 1.89 bits per heavy atom. The van der Waals surface area contributed by atoms with Crippen LogP contribution >= 0.6 is 11.6 Å². The van der Waals surface area contributed by atoms with Crippen molar-refractivity contribution in [3.05, 3.63) is 94.7 Å². The smallest absolute Gasteiger partial charge is 0.308 e. The Morgan fingerprint density at radius 3 is 2.59 bits per heavy atom. The summed E-state index contributed by atoms with van der Waals surface area (Å²) in [4.78, 5) is 50.9. The molecule has 226 valence electrons. The van der Waals surface area contributed by atoms with E-state index in [1.807, 2.05) is 36.4 Å². The molecule has 3 N–H and O–H groups in total. The summed E-state index contributed by atoms with van der Waals surface area (Å²) in [5, 5.41) is 13.5. The molecule has 0 saturated carbocycles. The number of nitrogens with one attached hydrogen (secondary N) is 2. The van der Waals surface area contributed by atoms with Crippen molar-refractivity contribution in [1.82, 2.24) is 15.4 Å². The molecule has 1 saturated heterocycles. The molecule has 11 nitrogen and oxygen atoms in total. The Hall–Kier alpha value is -4.87. The number of carbonyl (C=O) groups is 3. The highest BCUT2D eigenvalue weighted by molar-refractivity contribution is 6.33. The molecule has 12 heteroatoms. The summed E-state index contributed by atoms with van der Waals surface area (Å²) in [6.07, 6.45) is 1.57. The molecule has 6 rings (SSSR count). The van der Waals surface area contributed by atoms with E-state index >= 15 is 0 Å². The Kier molecular flexibility index (Phi) is 7.98. The lowest BCUT2D eigenvalue weighted by Crippen LogP contribution is -2.34. The SMILES string of the molecule is CC1C=C(C(=O)N2CC(C(=O)O)C(c3ccc(N(C)C(=O)Cc4ccc5nc(Nc6ccccc6Cl)oc5c4)cc3)C2)NO1. The highest BCUT2D eigenvalue weighted by Gasteiger charge is 2.41. The molecule has 2 aliphatic heterocycles. The first-order valence-corrected chi connectivity index (χ1v) is 14.5. The van der Waals surface area contributed by atoms with Crippen LogP contribution in [-0.2, 0) is 25.6 Å². The first-order chi connectivity index (χ1) is 21.2. The van der Waals surface area contributed by atoms with Crippen LogP contribution in [0.1, 0.15) is 24.0 Å². The number of hydroxylamine groups is 1. The quantitative estimate of drug-likeness (QED) is 0.254. The minimum Gasteiger partial charge on any atom is -0.481 e. The van der Waals surface area contributed by atoms with Crippen molar-refractivity contribution >= 4 is 57.9 Å². The van der Waals surface area contributed by atoms with Gasteiger partial charge in [0.25, 0.3) is 11.9 Å². The topological polar surface area (TPSA) is 137 Å². The molecular weight excluding hydrogens is 586 g/mol. The van der Waals surface area contributed by atoms with Gasteiger partial charge < -0.3 is 24.6 Å². The first-order valence-electron chi connectivity index (χ1n) is 14.1. The summed E-state index contributed by atoms with van der Waals surface area (Å²) in [6, 6.07) is 20.2. The van der Waals surface area contributed by atoms with Gasteiger partial charge in [-0.05, 0) is 60.5 Å². The second-order valence-corrected chi connectivity index (χ2v) is 11.3. The molecule has 2 aliphatic rings. The molecule has 3 heterocycles. The van der Waals surface area contributed by atoms with Gasteiger partial charge in [0.15, 0.2) is 5.58 Å². The van der Waals surface area contributed by atoms with Gasteiger partial charge in [0, 0.05) is 31.7 Å². The number of anilines is 3.